The molecule has 28 heavy (non-hydrogen) atoms. The number of anilines is 1. The van der Waals surface area contributed by atoms with Gasteiger partial charge < -0.3 is 19.8 Å². The van der Waals surface area contributed by atoms with Crippen LogP contribution < -0.4 is 14.8 Å². The molecule has 0 fully saturated rings. The monoisotopic (exact) mass is 374 g/mol. The van der Waals surface area contributed by atoms with Gasteiger partial charge in [0.05, 0.1) is 30.9 Å². The first-order valence-electron chi connectivity index (χ1n) is 9.08. The predicted octanol–water partition coefficient (Wildman–Crippen LogP) is 4.82. The summed E-state index contributed by atoms with van der Waals surface area (Å²) in [6, 6.07) is 18.1. The lowest BCUT2D eigenvalue weighted by molar-refractivity contribution is 0.397. The summed E-state index contributed by atoms with van der Waals surface area (Å²) in [4.78, 5) is 12.2. The molecule has 2 aromatic carbocycles. The zero-order chi connectivity index (χ0) is 19.5. The second-order valence-electron chi connectivity index (χ2n) is 6.48. The zero-order valence-electron chi connectivity index (χ0n) is 16.1. The second kappa shape index (κ2) is 7.60. The van der Waals surface area contributed by atoms with Crippen molar-refractivity contribution in [3.8, 4) is 22.8 Å². The predicted molar refractivity (Wildman–Crippen MR) is 111 cm³/mol. The van der Waals surface area contributed by atoms with Crippen molar-refractivity contribution in [3.05, 3.63) is 66.5 Å². The summed E-state index contributed by atoms with van der Waals surface area (Å²) in [5, 5.41) is 4.40. The molecular weight excluding hydrogens is 352 g/mol. The van der Waals surface area contributed by atoms with E-state index in [1.807, 2.05) is 42.5 Å². The van der Waals surface area contributed by atoms with Gasteiger partial charge in [0.2, 0.25) is 0 Å². The number of hydrogen-bond donors (Lipinski definition) is 2. The highest BCUT2D eigenvalue weighted by atomic mass is 16.5. The van der Waals surface area contributed by atoms with Gasteiger partial charge in [-0.2, -0.15) is 0 Å². The van der Waals surface area contributed by atoms with Crippen LogP contribution in [0.4, 0.5) is 5.82 Å². The van der Waals surface area contributed by atoms with E-state index in [-0.39, 0.29) is 6.04 Å². The van der Waals surface area contributed by atoms with Crippen molar-refractivity contribution in [1.82, 2.24) is 15.0 Å². The molecule has 0 radical (unpaired) electrons. The van der Waals surface area contributed by atoms with Gasteiger partial charge in [-0.25, -0.2) is 9.97 Å². The fourth-order valence-electron chi connectivity index (χ4n) is 3.34. The van der Waals surface area contributed by atoms with Crippen LogP contribution in [0.25, 0.3) is 22.3 Å². The highest BCUT2D eigenvalue weighted by molar-refractivity contribution is 5.93. The van der Waals surface area contributed by atoms with Crippen molar-refractivity contribution in [2.24, 2.45) is 0 Å². The van der Waals surface area contributed by atoms with E-state index in [0.717, 1.165) is 39.6 Å². The molecule has 0 aliphatic carbocycles. The molecule has 0 aliphatic rings. The van der Waals surface area contributed by atoms with Crippen LogP contribution in [0.2, 0.25) is 0 Å². The first kappa shape index (κ1) is 17.9. The number of methoxy groups -OCH3 is 2. The second-order valence-corrected chi connectivity index (χ2v) is 6.48. The molecule has 0 spiro atoms. The lowest BCUT2D eigenvalue weighted by Crippen LogP contribution is -2.08. The van der Waals surface area contributed by atoms with E-state index in [1.54, 1.807) is 20.5 Å². The highest BCUT2D eigenvalue weighted by Crippen LogP contribution is 2.39. The summed E-state index contributed by atoms with van der Waals surface area (Å²) in [6.45, 7) is 2.11. The molecule has 0 bridgehead atoms. The number of hydrogen-bond acceptors (Lipinski definition) is 5. The van der Waals surface area contributed by atoms with Crippen molar-refractivity contribution in [2.75, 3.05) is 19.5 Å². The topological polar surface area (TPSA) is 72.1 Å². The van der Waals surface area contributed by atoms with Crippen molar-refractivity contribution in [1.29, 1.82) is 0 Å². The largest absolute Gasteiger partial charge is 0.496 e. The maximum atomic E-state index is 5.54. The molecule has 2 heterocycles. The van der Waals surface area contributed by atoms with Crippen molar-refractivity contribution in [2.45, 2.75) is 13.0 Å². The fourth-order valence-corrected chi connectivity index (χ4v) is 3.34. The Balaban J connectivity index is 1.76. The molecule has 4 rings (SSSR count). The van der Waals surface area contributed by atoms with Crippen LogP contribution in [0.1, 0.15) is 18.5 Å². The van der Waals surface area contributed by atoms with E-state index in [4.69, 9.17) is 9.47 Å². The molecule has 4 aromatic rings. The Bertz CT molecular complexity index is 1070. The van der Waals surface area contributed by atoms with Crippen molar-refractivity contribution >= 4 is 16.9 Å². The van der Waals surface area contributed by atoms with Crippen LogP contribution in [0.15, 0.2) is 60.9 Å². The van der Waals surface area contributed by atoms with Gasteiger partial charge >= 0.3 is 0 Å². The van der Waals surface area contributed by atoms with Gasteiger partial charge in [-0.1, -0.05) is 36.4 Å². The summed E-state index contributed by atoms with van der Waals surface area (Å²) in [7, 11) is 3.30. The number of aromatic nitrogens is 3. The first-order valence-corrected chi connectivity index (χ1v) is 9.08. The van der Waals surface area contributed by atoms with E-state index < -0.39 is 0 Å². The van der Waals surface area contributed by atoms with E-state index >= 15 is 0 Å². The van der Waals surface area contributed by atoms with Gasteiger partial charge in [0.15, 0.2) is 0 Å². The lowest BCUT2D eigenvalue weighted by Gasteiger charge is -2.15. The molecule has 6 heteroatoms. The summed E-state index contributed by atoms with van der Waals surface area (Å²) in [5.74, 6) is 2.23. The average Bonchev–Trinajstić information content (AvgIpc) is 3.18. The standard InChI is InChI=1S/C22H22N4O2/c1-14(15-8-5-4-6-9-15)25-21-16-12-17(26-22(16)24-13-23-21)20-18(27-2)10-7-11-19(20)28-3/h4-14H,1-3H3,(H2,23,24,25,26). The Labute approximate surface area is 163 Å². The molecule has 1 unspecified atom stereocenters. The van der Waals surface area contributed by atoms with Crippen LogP contribution in [-0.2, 0) is 0 Å². The van der Waals surface area contributed by atoms with Gasteiger partial charge in [-0.3, -0.25) is 0 Å². The van der Waals surface area contributed by atoms with E-state index in [2.05, 4.69) is 39.3 Å². The van der Waals surface area contributed by atoms with Gasteiger partial charge in [0, 0.05) is 6.04 Å². The quantitative estimate of drug-likeness (QED) is 0.506. The third-order valence-corrected chi connectivity index (χ3v) is 4.78. The van der Waals surface area contributed by atoms with E-state index in [1.165, 1.54) is 5.56 Å². The Kier molecular flexibility index (Phi) is 4.85. The van der Waals surface area contributed by atoms with Gasteiger partial charge in [0.25, 0.3) is 0 Å². The Morgan fingerprint density at radius 3 is 2.32 bits per heavy atom. The van der Waals surface area contributed by atoms with Gasteiger partial charge in [-0.15, -0.1) is 0 Å². The number of H-pyrrole nitrogens is 1. The number of ether oxygens (including phenoxy) is 2. The van der Waals surface area contributed by atoms with Crippen molar-refractivity contribution in [3.63, 3.8) is 0 Å². The molecular formula is C22H22N4O2. The van der Waals surface area contributed by atoms with Gasteiger partial charge in [0.1, 0.15) is 29.3 Å². The van der Waals surface area contributed by atoms with Crippen molar-refractivity contribution < 1.29 is 9.47 Å². The fraction of sp³-hybridized carbons (Fsp3) is 0.182. The number of benzene rings is 2. The third kappa shape index (κ3) is 3.24. The third-order valence-electron chi connectivity index (χ3n) is 4.78. The minimum Gasteiger partial charge on any atom is -0.496 e. The van der Waals surface area contributed by atoms with E-state index in [0.29, 0.717) is 0 Å². The molecule has 142 valence electrons. The van der Waals surface area contributed by atoms with Gasteiger partial charge in [-0.05, 0) is 30.7 Å². The van der Waals surface area contributed by atoms with Crippen LogP contribution >= 0.6 is 0 Å². The molecule has 2 aromatic heterocycles. The molecule has 2 N–H and O–H groups in total. The summed E-state index contributed by atoms with van der Waals surface area (Å²) in [6.07, 6.45) is 1.56. The molecule has 0 amide bonds. The molecule has 0 saturated carbocycles. The Hall–Kier alpha value is -3.54. The number of rotatable bonds is 6. The number of nitrogens with zero attached hydrogens (tertiary/aromatic N) is 2. The summed E-state index contributed by atoms with van der Waals surface area (Å²) >= 11 is 0. The molecule has 0 aliphatic heterocycles. The average molecular weight is 374 g/mol. The lowest BCUT2D eigenvalue weighted by atomic mass is 10.1. The number of fused-ring (bicyclic) bond motifs is 1. The summed E-state index contributed by atoms with van der Waals surface area (Å²) in [5.41, 5.74) is 3.66. The Morgan fingerprint density at radius 2 is 1.64 bits per heavy atom. The summed E-state index contributed by atoms with van der Waals surface area (Å²) < 4.78 is 11.1. The molecule has 1 atom stereocenters. The van der Waals surface area contributed by atoms with E-state index in [9.17, 15) is 0 Å². The molecule has 6 nitrogen and oxygen atoms in total. The maximum absolute atomic E-state index is 5.54. The first-order chi connectivity index (χ1) is 13.7. The van der Waals surface area contributed by atoms with Crippen LogP contribution in [0.3, 0.4) is 0 Å². The smallest absolute Gasteiger partial charge is 0.143 e. The minimum absolute atomic E-state index is 0.110. The molecule has 0 saturated heterocycles. The number of aromatic amines is 1. The SMILES string of the molecule is COc1cccc(OC)c1-c1cc2c(NC(C)c3ccccc3)ncnc2[nH]1. The maximum Gasteiger partial charge on any atom is 0.143 e. The van der Waals surface area contributed by atoms with Crippen LogP contribution in [0.5, 0.6) is 11.5 Å². The highest BCUT2D eigenvalue weighted by Gasteiger charge is 2.17. The number of nitrogens with one attached hydrogen (secondary N) is 2. The Morgan fingerprint density at radius 1 is 0.929 bits per heavy atom. The minimum atomic E-state index is 0.110. The van der Waals surface area contributed by atoms with Crippen LogP contribution in [-0.4, -0.2) is 29.2 Å². The zero-order valence-corrected chi connectivity index (χ0v) is 16.1. The normalized spacial score (nSPS) is 12.0. The van der Waals surface area contributed by atoms with Crippen LogP contribution in [0, 0.1) is 0 Å².